The molecule has 0 unspecified atom stereocenters. The summed E-state index contributed by atoms with van der Waals surface area (Å²) in [5.74, 6) is 0. The van der Waals surface area contributed by atoms with E-state index >= 15 is 0 Å². The van der Waals surface area contributed by atoms with Gasteiger partial charge in [0.1, 0.15) is 0 Å². The lowest BCUT2D eigenvalue weighted by atomic mass is 9.88. The summed E-state index contributed by atoms with van der Waals surface area (Å²) in [6.07, 6.45) is 5.27. The van der Waals surface area contributed by atoms with E-state index in [-0.39, 0.29) is 6.61 Å². The topological polar surface area (TPSA) is 26.7 Å². The summed E-state index contributed by atoms with van der Waals surface area (Å²) in [6.45, 7) is 1.07. The number of rotatable bonds is 4. The summed E-state index contributed by atoms with van der Waals surface area (Å²) >= 11 is 0. The first-order valence-corrected chi connectivity index (χ1v) is 5.64. The second kappa shape index (κ2) is 5.69. The maximum atomic E-state index is 8.94. The van der Waals surface area contributed by atoms with Gasteiger partial charge in [-0.2, -0.15) is 0 Å². The minimum atomic E-state index is 0.271. The molecule has 0 aliphatic heterocycles. The average molecular weight is 200 g/mol. The fourth-order valence-corrected chi connectivity index (χ4v) is 2.53. The van der Waals surface area contributed by atoms with Crippen LogP contribution in [-0.4, -0.2) is 61.3 Å². The Balaban J connectivity index is 2.53. The molecule has 0 radical (unpaired) electrons. The molecule has 14 heavy (non-hydrogen) atoms. The Morgan fingerprint density at radius 3 is 2.14 bits per heavy atom. The van der Waals surface area contributed by atoms with Crippen molar-refractivity contribution in [1.82, 2.24) is 9.80 Å². The molecule has 1 N–H and O–H groups in total. The minimum absolute atomic E-state index is 0.271. The first-order valence-electron chi connectivity index (χ1n) is 5.64. The molecule has 1 aliphatic carbocycles. The smallest absolute Gasteiger partial charge is 0.0558 e. The van der Waals surface area contributed by atoms with E-state index in [2.05, 4.69) is 30.9 Å². The molecule has 2 atom stereocenters. The van der Waals surface area contributed by atoms with Crippen molar-refractivity contribution >= 4 is 0 Å². The van der Waals surface area contributed by atoms with Gasteiger partial charge in [0.25, 0.3) is 0 Å². The predicted octanol–water partition coefficient (Wildman–Crippen LogP) is 0.783. The summed E-state index contributed by atoms with van der Waals surface area (Å²) in [5, 5.41) is 8.94. The third-order valence-electron chi connectivity index (χ3n) is 3.38. The zero-order chi connectivity index (χ0) is 10.6. The highest BCUT2D eigenvalue weighted by Crippen LogP contribution is 2.24. The van der Waals surface area contributed by atoms with E-state index < -0.39 is 0 Å². The number of aliphatic hydroxyl groups excluding tert-OH is 1. The Morgan fingerprint density at radius 1 is 1.07 bits per heavy atom. The maximum absolute atomic E-state index is 8.94. The van der Waals surface area contributed by atoms with Crippen LogP contribution in [0.2, 0.25) is 0 Å². The molecule has 3 heteroatoms. The predicted molar refractivity (Wildman–Crippen MR) is 59.4 cm³/mol. The third kappa shape index (κ3) is 2.94. The number of aliphatic hydroxyl groups is 1. The summed E-state index contributed by atoms with van der Waals surface area (Å²) < 4.78 is 0. The van der Waals surface area contributed by atoms with Gasteiger partial charge in [-0.15, -0.1) is 0 Å². The molecule has 0 aromatic heterocycles. The van der Waals surface area contributed by atoms with Gasteiger partial charge in [-0.1, -0.05) is 12.8 Å². The number of nitrogens with zero attached hydrogens (tertiary/aromatic N) is 2. The first-order chi connectivity index (χ1) is 6.66. The Morgan fingerprint density at radius 2 is 1.64 bits per heavy atom. The fraction of sp³-hybridized carbons (Fsp3) is 1.00. The molecule has 1 saturated carbocycles. The second-order valence-electron chi connectivity index (χ2n) is 4.59. The van der Waals surface area contributed by atoms with Gasteiger partial charge in [0.15, 0.2) is 0 Å². The van der Waals surface area contributed by atoms with Crippen molar-refractivity contribution in [1.29, 1.82) is 0 Å². The van der Waals surface area contributed by atoms with Crippen molar-refractivity contribution in [2.24, 2.45) is 0 Å². The Kier molecular flexibility index (Phi) is 4.85. The van der Waals surface area contributed by atoms with Crippen LogP contribution in [0.4, 0.5) is 0 Å². The van der Waals surface area contributed by atoms with Gasteiger partial charge in [-0.25, -0.2) is 0 Å². The van der Waals surface area contributed by atoms with Crippen LogP contribution in [0.1, 0.15) is 25.7 Å². The summed E-state index contributed by atoms with van der Waals surface area (Å²) in [5.41, 5.74) is 0. The first kappa shape index (κ1) is 12.0. The molecular formula is C11H24N2O. The SMILES string of the molecule is CN(C)[C@H]1CCCC[C@@H]1N(C)CCO. The van der Waals surface area contributed by atoms with Crippen LogP contribution in [-0.2, 0) is 0 Å². The number of hydrogen-bond donors (Lipinski definition) is 1. The van der Waals surface area contributed by atoms with Crippen molar-refractivity contribution < 1.29 is 5.11 Å². The van der Waals surface area contributed by atoms with Gasteiger partial charge in [0.2, 0.25) is 0 Å². The molecule has 0 bridgehead atoms. The molecule has 0 saturated heterocycles. The molecule has 3 nitrogen and oxygen atoms in total. The van der Waals surface area contributed by atoms with Gasteiger partial charge in [-0.3, -0.25) is 4.90 Å². The Hall–Kier alpha value is -0.120. The largest absolute Gasteiger partial charge is 0.395 e. The molecule has 0 heterocycles. The quantitative estimate of drug-likeness (QED) is 0.726. The van der Waals surface area contributed by atoms with E-state index in [9.17, 15) is 0 Å². The summed E-state index contributed by atoms with van der Waals surface area (Å²) in [7, 11) is 6.45. The maximum Gasteiger partial charge on any atom is 0.0558 e. The van der Waals surface area contributed by atoms with Crippen LogP contribution in [0.3, 0.4) is 0 Å². The molecule has 0 amide bonds. The van der Waals surface area contributed by atoms with E-state index in [1.165, 1.54) is 25.7 Å². The van der Waals surface area contributed by atoms with E-state index in [1.54, 1.807) is 0 Å². The van der Waals surface area contributed by atoms with Gasteiger partial charge in [0, 0.05) is 18.6 Å². The van der Waals surface area contributed by atoms with Crippen molar-refractivity contribution in [3.63, 3.8) is 0 Å². The molecule has 0 aromatic carbocycles. The van der Waals surface area contributed by atoms with Gasteiger partial charge < -0.3 is 10.0 Å². The minimum Gasteiger partial charge on any atom is -0.395 e. The molecule has 0 spiro atoms. The zero-order valence-corrected chi connectivity index (χ0v) is 9.74. The standard InChI is InChI=1S/C11H24N2O/c1-12(2)10-6-4-5-7-11(10)13(3)8-9-14/h10-11,14H,4-9H2,1-3H3/t10-,11-/m0/s1. The van der Waals surface area contributed by atoms with Crippen LogP contribution in [0.5, 0.6) is 0 Å². The molecule has 84 valence electrons. The molecular weight excluding hydrogens is 176 g/mol. The van der Waals surface area contributed by atoms with E-state index in [0.29, 0.717) is 12.1 Å². The lowest BCUT2D eigenvalue weighted by Crippen LogP contribution is -2.50. The molecule has 1 fully saturated rings. The summed E-state index contributed by atoms with van der Waals surface area (Å²) in [6, 6.07) is 1.30. The second-order valence-corrected chi connectivity index (χ2v) is 4.59. The monoisotopic (exact) mass is 200 g/mol. The van der Waals surface area contributed by atoms with Crippen LogP contribution < -0.4 is 0 Å². The van der Waals surface area contributed by atoms with Crippen LogP contribution in [0.25, 0.3) is 0 Å². The molecule has 1 aliphatic rings. The fourth-order valence-electron chi connectivity index (χ4n) is 2.53. The van der Waals surface area contributed by atoms with Crippen molar-refractivity contribution in [2.45, 2.75) is 37.8 Å². The lowest BCUT2D eigenvalue weighted by molar-refractivity contribution is 0.0792. The Bertz CT molecular complexity index is 161. The summed E-state index contributed by atoms with van der Waals surface area (Å²) in [4.78, 5) is 4.64. The van der Waals surface area contributed by atoms with Crippen LogP contribution in [0, 0.1) is 0 Å². The van der Waals surface area contributed by atoms with Gasteiger partial charge in [-0.05, 0) is 34.0 Å². The highest BCUT2D eigenvalue weighted by Gasteiger charge is 2.29. The van der Waals surface area contributed by atoms with Crippen molar-refractivity contribution in [3.05, 3.63) is 0 Å². The van der Waals surface area contributed by atoms with Crippen LogP contribution in [0.15, 0.2) is 0 Å². The van der Waals surface area contributed by atoms with Crippen molar-refractivity contribution in [3.8, 4) is 0 Å². The molecule has 1 rings (SSSR count). The molecule has 0 aromatic rings. The van der Waals surface area contributed by atoms with Crippen LogP contribution >= 0.6 is 0 Å². The average Bonchev–Trinajstić information content (AvgIpc) is 2.18. The van der Waals surface area contributed by atoms with E-state index in [0.717, 1.165) is 6.54 Å². The Labute approximate surface area is 87.7 Å². The third-order valence-corrected chi connectivity index (χ3v) is 3.38. The van der Waals surface area contributed by atoms with E-state index in [4.69, 9.17) is 5.11 Å². The van der Waals surface area contributed by atoms with E-state index in [1.807, 2.05) is 0 Å². The van der Waals surface area contributed by atoms with Gasteiger partial charge >= 0.3 is 0 Å². The van der Waals surface area contributed by atoms with Crippen molar-refractivity contribution in [2.75, 3.05) is 34.3 Å². The number of hydrogen-bond acceptors (Lipinski definition) is 3. The van der Waals surface area contributed by atoms with Gasteiger partial charge in [0.05, 0.1) is 6.61 Å². The normalized spacial score (nSPS) is 28.7. The highest BCUT2D eigenvalue weighted by atomic mass is 16.3. The zero-order valence-electron chi connectivity index (χ0n) is 9.74. The number of likely N-dealkylation sites (N-methyl/N-ethyl adjacent to an activating group) is 2. The lowest BCUT2D eigenvalue weighted by Gasteiger charge is -2.41. The highest BCUT2D eigenvalue weighted by molar-refractivity contribution is 4.86.